The van der Waals surface area contributed by atoms with Crippen LogP contribution in [-0.2, 0) is 16.8 Å². The fourth-order valence-electron chi connectivity index (χ4n) is 4.53. The summed E-state index contributed by atoms with van der Waals surface area (Å²) in [5, 5.41) is 7.28. The van der Waals surface area contributed by atoms with Crippen molar-refractivity contribution in [3.05, 3.63) is 75.7 Å². The van der Waals surface area contributed by atoms with Crippen molar-refractivity contribution in [1.29, 1.82) is 0 Å². The molecule has 1 amide bonds. The molecule has 30 heavy (non-hydrogen) atoms. The first-order chi connectivity index (χ1) is 14.6. The number of ether oxygens (including phenoxy) is 1. The van der Waals surface area contributed by atoms with Gasteiger partial charge in [0.2, 0.25) is 0 Å². The van der Waals surface area contributed by atoms with Crippen LogP contribution in [0.5, 0.6) is 0 Å². The summed E-state index contributed by atoms with van der Waals surface area (Å²) in [5.41, 5.74) is 3.02. The number of H-pyrrole nitrogens is 1. The van der Waals surface area contributed by atoms with Gasteiger partial charge < -0.3 is 9.64 Å². The van der Waals surface area contributed by atoms with Crippen LogP contribution in [0, 0.1) is 6.92 Å². The van der Waals surface area contributed by atoms with E-state index in [9.17, 15) is 9.59 Å². The Morgan fingerprint density at radius 1 is 1.23 bits per heavy atom. The highest BCUT2D eigenvalue weighted by atomic mass is 16.5. The number of nitrogens with zero attached hydrogens (tertiary/aromatic N) is 4. The van der Waals surface area contributed by atoms with Gasteiger partial charge in [-0.05, 0) is 55.5 Å². The van der Waals surface area contributed by atoms with Gasteiger partial charge in [0.05, 0.1) is 30.4 Å². The second kappa shape index (κ2) is 7.21. The number of amides is 1. The molecule has 0 saturated carbocycles. The minimum absolute atomic E-state index is 0.212. The SMILES string of the molecule is Cc1ccn(-c2cccnc2)c(=O)c1C(=O)N1CCC2(CC1)OCCc1cn[nH]c12. The number of piperidine rings is 1. The zero-order valence-corrected chi connectivity index (χ0v) is 16.8. The number of nitrogens with one attached hydrogen (secondary N) is 1. The Balaban J connectivity index is 1.42. The number of hydrogen-bond acceptors (Lipinski definition) is 5. The first kappa shape index (κ1) is 18.7. The predicted octanol–water partition coefficient (Wildman–Crippen LogP) is 1.97. The zero-order chi connectivity index (χ0) is 20.7. The van der Waals surface area contributed by atoms with E-state index in [0.717, 1.165) is 12.1 Å². The molecule has 0 aromatic carbocycles. The summed E-state index contributed by atoms with van der Waals surface area (Å²) in [7, 11) is 0. The van der Waals surface area contributed by atoms with Crippen LogP contribution in [0.1, 0.15) is 40.0 Å². The van der Waals surface area contributed by atoms with Crippen LogP contribution in [-0.4, -0.2) is 50.3 Å². The maximum absolute atomic E-state index is 13.3. The minimum Gasteiger partial charge on any atom is -0.368 e. The maximum atomic E-state index is 13.3. The Morgan fingerprint density at radius 3 is 2.83 bits per heavy atom. The van der Waals surface area contributed by atoms with Crippen molar-refractivity contribution in [2.24, 2.45) is 0 Å². The Labute approximate surface area is 173 Å². The lowest BCUT2D eigenvalue weighted by Crippen LogP contribution is -2.49. The van der Waals surface area contributed by atoms with E-state index in [1.807, 2.05) is 6.20 Å². The van der Waals surface area contributed by atoms with Crippen molar-refractivity contribution in [2.45, 2.75) is 31.8 Å². The molecule has 1 fully saturated rings. The fraction of sp³-hybridized carbons (Fsp3) is 0.364. The van der Waals surface area contributed by atoms with Crippen LogP contribution in [0.25, 0.3) is 5.69 Å². The number of hydrogen-bond donors (Lipinski definition) is 1. The Kier molecular flexibility index (Phi) is 4.51. The van der Waals surface area contributed by atoms with Gasteiger partial charge in [-0.3, -0.25) is 24.2 Å². The lowest BCUT2D eigenvalue weighted by molar-refractivity contribution is -0.0962. The van der Waals surface area contributed by atoms with Gasteiger partial charge in [0.25, 0.3) is 11.5 Å². The Morgan fingerprint density at radius 2 is 2.07 bits per heavy atom. The Hall–Kier alpha value is -3.26. The molecular weight excluding hydrogens is 382 g/mol. The van der Waals surface area contributed by atoms with Crippen molar-refractivity contribution >= 4 is 5.91 Å². The number of pyridine rings is 2. The minimum atomic E-state index is -0.414. The molecular formula is C22H23N5O3. The third-order valence-corrected chi connectivity index (χ3v) is 6.22. The standard InChI is InChI=1S/C22H23N5O3/c1-15-4-9-27(17-3-2-8-23-14-17)21(29)18(15)20(28)26-10-6-22(7-11-26)19-16(5-12-30-22)13-24-25-19/h2-4,8-9,13-14H,5-7,10-12H2,1H3,(H,24,25). The molecule has 0 atom stereocenters. The second-order valence-corrected chi connectivity index (χ2v) is 7.92. The van der Waals surface area contributed by atoms with Crippen LogP contribution in [0.2, 0.25) is 0 Å². The van der Waals surface area contributed by atoms with Gasteiger partial charge in [0, 0.05) is 25.5 Å². The van der Waals surface area contributed by atoms with Gasteiger partial charge in [-0.1, -0.05) is 0 Å². The summed E-state index contributed by atoms with van der Waals surface area (Å²) in [6.45, 7) is 3.51. The highest BCUT2D eigenvalue weighted by Gasteiger charge is 2.43. The molecule has 3 aromatic heterocycles. The number of fused-ring (bicyclic) bond motifs is 2. The van der Waals surface area contributed by atoms with Gasteiger partial charge in [-0.15, -0.1) is 0 Å². The number of aromatic nitrogens is 4. The normalized spacial score (nSPS) is 17.7. The molecule has 2 aliphatic heterocycles. The summed E-state index contributed by atoms with van der Waals surface area (Å²) in [6.07, 6.45) is 9.02. The summed E-state index contributed by atoms with van der Waals surface area (Å²) >= 11 is 0. The summed E-state index contributed by atoms with van der Waals surface area (Å²) in [6, 6.07) is 5.36. The number of aryl methyl sites for hydroxylation is 1. The number of likely N-dealkylation sites (tertiary alicyclic amines) is 1. The molecule has 0 radical (unpaired) electrons. The Bertz CT molecular complexity index is 1140. The van der Waals surface area contributed by atoms with E-state index >= 15 is 0 Å². The number of aromatic amines is 1. The molecule has 0 aliphatic carbocycles. The molecule has 1 spiro atoms. The highest BCUT2D eigenvalue weighted by Crippen LogP contribution is 2.40. The quantitative estimate of drug-likeness (QED) is 0.704. The first-order valence-electron chi connectivity index (χ1n) is 10.2. The van der Waals surface area contributed by atoms with Gasteiger partial charge in [-0.2, -0.15) is 5.10 Å². The van der Waals surface area contributed by atoms with E-state index in [1.54, 1.807) is 48.6 Å². The van der Waals surface area contributed by atoms with Crippen molar-refractivity contribution in [2.75, 3.05) is 19.7 Å². The third kappa shape index (κ3) is 2.95. The zero-order valence-electron chi connectivity index (χ0n) is 16.8. The van der Waals surface area contributed by atoms with Crippen LogP contribution in [0.4, 0.5) is 0 Å². The molecule has 0 unspecified atom stereocenters. The van der Waals surface area contributed by atoms with E-state index in [-0.39, 0.29) is 17.0 Å². The predicted molar refractivity (Wildman–Crippen MR) is 110 cm³/mol. The molecule has 1 saturated heterocycles. The monoisotopic (exact) mass is 405 g/mol. The van der Waals surface area contributed by atoms with Gasteiger partial charge >= 0.3 is 0 Å². The molecule has 5 heterocycles. The first-order valence-corrected chi connectivity index (χ1v) is 10.2. The molecule has 1 N–H and O–H groups in total. The van der Waals surface area contributed by atoms with Crippen LogP contribution in [0.15, 0.2) is 47.8 Å². The number of carbonyl (C=O) groups is 1. The summed E-state index contributed by atoms with van der Waals surface area (Å²) < 4.78 is 7.64. The molecule has 0 bridgehead atoms. The summed E-state index contributed by atoms with van der Waals surface area (Å²) in [4.78, 5) is 32.3. The van der Waals surface area contributed by atoms with Crippen molar-refractivity contribution < 1.29 is 9.53 Å². The van der Waals surface area contributed by atoms with Crippen molar-refractivity contribution in [3.8, 4) is 5.69 Å². The maximum Gasteiger partial charge on any atom is 0.268 e. The topological polar surface area (TPSA) is 93.1 Å². The number of rotatable bonds is 2. The molecule has 2 aliphatic rings. The second-order valence-electron chi connectivity index (χ2n) is 7.92. The average molecular weight is 405 g/mol. The highest BCUT2D eigenvalue weighted by molar-refractivity contribution is 5.95. The van der Waals surface area contributed by atoms with E-state index in [0.29, 0.717) is 43.8 Å². The van der Waals surface area contributed by atoms with Crippen LogP contribution in [0.3, 0.4) is 0 Å². The molecule has 3 aromatic rings. The molecule has 8 heteroatoms. The lowest BCUT2D eigenvalue weighted by Gasteiger charge is -2.43. The van der Waals surface area contributed by atoms with Crippen LogP contribution >= 0.6 is 0 Å². The lowest BCUT2D eigenvalue weighted by atomic mass is 9.83. The molecule has 5 rings (SSSR count). The van der Waals surface area contributed by atoms with E-state index in [2.05, 4.69) is 15.2 Å². The largest absolute Gasteiger partial charge is 0.368 e. The smallest absolute Gasteiger partial charge is 0.268 e. The molecule has 8 nitrogen and oxygen atoms in total. The van der Waals surface area contributed by atoms with E-state index in [1.165, 1.54) is 10.1 Å². The van der Waals surface area contributed by atoms with Gasteiger partial charge in [0.15, 0.2) is 0 Å². The van der Waals surface area contributed by atoms with Gasteiger partial charge in [-0.25, -0.2) is 0 Å². The van der Waals surface area contributed by atoms with E-state index < -0.39 is 5.60 Å². The third-order valence-electron chi connectivity index (χ3n) is 6.22. The average Bonchev–Trinajstić information content (AvgIpc) is 3.26. The van der Waals surface area contributed by atoms with Gasteiger partial charge in [0.1, 0.15) is 11.2 Å². The summed E-state index contributed by atoms with van der Waals surface area (Å²) in [5.74, 6) is -0.230. The van der Waals surface area contributed by atoms with Crippen molar-refractivity contribution in [1.82, 2.24) is 24.6 Å². The fourth-order valence-corrected chi connectivity index (χ4v) is 4.53. The number of carbonyl (C=O) groups excluding carboxylic acids is 1. The van der Waals surface area contributed by atoms with Crippen LogP contribution < -0.4 is 5.56 Å². The molecule has 154 valence electrons. The van der Waals surface area contributed by atoms with Crippen molar-refractivity contribution in [3.63, 3.8) is 0 Å². The van der Waals surface area contributed by atoms with E-state index in [4.69, 9.17) is 4.74 Å².